The van der Waals surface area contributed by atoms with E-state index in [0.717, 1.165) is 0 Å². The molecule has 32 heavy (non-hydrogen) atoms. The zero-order valence-corrected chi connectivity index (χ0v) is 18.1. The summed E-state index contributed by atoms with van der Waals surface area (Å²) in [5.74, 6) is 0.137. The number of aliphatic hydroxyl groups is 2. The average Bonchev–Trinajstić information content (AvgIpc) is 3.20. The number of methoxy groups -OCH3 is 4. The molecular weight excluding hydrogens is 424 g/mol. The molecule has 2 aliphatic heterocycles. The average molecular weight is 450 g/mol. The summed E-state index contributed by atoms with van der Waals surface area (Å²) in [5, 5.41) is 43.6. The normalized spacial score (nSPS) is 28.9. The first kappa shape index (κ1) is 22.3. The molecule has 4 N–H and O–H groups in total. The Bertz CT molecular complexity index is 892. The Kier molecular flexibility index (Phi) is 5.49. The molecule has 2 saturated heterocycles. The van der Waals surface area contributed by atoms with Gasteiger partial charge in [0.05, 0.1) is 41.7 Å². The number of hydrogen-bond donors (Lipinski definition) is 4. The van der Waals surface area contributed by atoms with Crippen molar-refractivity contribution in [3.8, 4) is 34.5 Å². The van der Waals surface area contributed by atoms with Gasteiger partial charge in [0.1, 0.15) is 12.2 Å². The van der Waals surface area contributed by atoms with Gasteiger partial charge < -0.3 is 48.8 Å². The van der Waals surface area contributed by atoms with E-state index in [-0.39, 0.29) is 47.7 Å². The van der Waals surface area contributed by atoms with E-state index >= 15 is 0 Å². The maximum atomic E-state index is 11.6. The highest BCUT2D eigenvalue weighted by Gasteiger charge is 2.69. The summed E-state index contributed by atoms with van der Waals surface area (Å²) < 4.78 is 32.5. The van der Waals surface area contributed by atoms with Crippen LogP contribution in [0.2, 0.25) is 0 Å². The number of aromatic hydroxyl groups is 2. The molecule has 2 fully saturated rings. The predicted molar refractivity (Wildman–Crippen MR) is 110 cm³/mol. The van der Waals surface area contributed by atoms with Crippen LogP contribution in [0.5, 0.6) is 34.5 Å². The molecule has 0 spiro atoms. The Balaban J connectivity index is 1.75. The fraction of sp³-hybridized carbons (Fsp3) is 0.455. The number of phenolic OH excluding ortho intramolecular Hbond substituents is 2. The second kappa shape index (κ2) is 7.89. The summed E-state index contributed by atoms with van der Waals surface area (Å²) in [7, 11) is 5.55. The van der Waals surface area contributed by atoms with Gasteiger partial charge in [-0.25, -0.2) is 0 Å². The molecule has 2 heterocycles. The van der Waals surface area contributed by atoms with Gasteiger partial charge in [-0.2, -0.15) is 0 Å². The van der Waals surface area contributed by atoms with Gasteiger partial charge in [0, 0.05) is 0 Å². The van der Waals surface area contributed by atoms with Crippen LogP contribution in [-0.4, -0.2) is 73.3 Å². The van der Waals surface area contributed by atoms with Crippen LogP contribution in [0.15, 0.2) is 24.3 Å². The van der Waals surface area contributed by atoms with Crippen molar-refractivity contribution < 1.29 is 48.8 Å². The van der Waals surface area contributed by atoms with Gasteiger partial charge in [-0.3, -0.25) is 0 Å². The minimum Gasteiger partial charge on any atom is -0.502 e. The molecule has 4 rings (SSSR count). The highest BCUT2D eigenvalue weighted by Crippen LogP contribution is 2.57. The highest BCUT2D eigenvalue weighted by molar-refractivity contribution is 5.55. The van der Waals surface area contributed by atoms with Crippen LogP contribution in [0.3, 0.4) is 0 Å². The molecule has 10 heteroatoms. The predicted octanol–water partition coefficient (Wildman–Crippen LogP) is 1.44. The largest absolute Gasteiger partial charge is 0.502 e. The van der Waals surface area contributed by atoms with Gasteiger partial charge in [0.2, 0.25) is 11.5 Å². The first-order valence-corrected chi connectivity index (χ1v) is 9.81. The summed E-state index contributed by atoms with van der Waals surface area (Å²) in [6.45, 7) is -0.480. The Morgan fingerprint density at radius 3 is 1.19 bits per heavy atom. The standard InChI is InChI=1S/C22H26O10/c1-27-13-5-11(6-14(28-2)17(13)23)19-21(25)9-32-20(22(21,26)10-31-19)12-7-15(29-3)18(24)16(8-12)30-4/h5-8,19-20,23-26H,9-10H2,1-4H3. The molecule has 0 radical (unpaired) electrons. The zero-order valence-electron chi connectivity index (χ0n) is 18.1. The molecular formula is C22H26O10. The van der Waals surface area contributed by atoms with Gasteiger partial charge in [0.15, 0.2) is 34.2 Å². The van der Waals surface area contributed by atoms with E-state index in [9.17, 15) is 20.4 Å². The third kappa shape index (κ3) is 3.02. The third-order valence-corrected chi connectivity index (χ3v) is 6.17. The highest BCUT2D eigenvalue weighted by atomic mass is 16.6. The quantitative estimate of drug-likeness (QED) is 0.512. The van der Waals surface area contributed by atoms with E-state index in [1.54, 1.807) is 0 Å². The molecule has 0 aliphatic carbocycles. The number of phenols is 2. The lowest BCUT2D eigenvalue weighted by Crippen LogP contribution is -2.54. The molecule has 2 aromatic carbocycles. The SMILES string of the molecule is COc1cc(C2OCC3(O)C(c4cc(OC)c(O)c(OC)c4)OCC23O)cc(OC)c1O. The maximum Gasteiger partial charge on any atom is 0.200 e. The number of fused-ring (bicyclic) bond motifs is 1. The smallest absolute Gasteiger partial charge is 0.200 e. The second-order valence-corrected chi connectivity index (χ2v) is 7.78. The lowest BCUT2D eigenvalue weighted by Gasteiger charge is -2.34. The van der Waals surface area contributed by atoms with Gasteiger partial charge in [-0.15, -0.1) is 0 Å². The van der Waals surface area contributed by atoms with Gasteiger partial charge in [0.25, 0.3) is 0 Å². The summed E-state index contributed by atoms with van der Waals surface area (Å²) in [5.41, 5.74) is -2.80. The van der Waals surface area contributed by atoms with Crippen LogP contribution in [0.25, 0.3) is 0 Å². The van der Waals surface area contributed by atoms with Crippen molar-refractivity contribution in [1.82, 2.24) is 0 Å². The van der Waals surface area contributed by atoms with Crippen molar-refractivity contribution >= 4 is 0 Å². The molecule has 2 aliphatic rings. The monoisotopic (exact) mass is 450 g/mol. The van der Waals surface area contributed by atoms with Gasteiger partial charge >= 0.3 is 0 Å². The number of hydrogen-bond acceptors (Lipinski definition) is 10. The van der Waals surface area contributed by atoms with E-state index < -0.39 is 23.4 Å². The van der Waals surface area contributed by atoms with Crippen LogP contribution in [0.1, 0.15) is 23.3 Å². The minimum absolute atomic E-state index is 0.130. The zero-order chi connectivity index (χ0) is 23.3. The van der Waals surface area contributed by atoms with Gasteiger partial charge in [-0.05, 0) is 35.4 Å². The van der Waals surface area contributed by atoms with Crippen molar-refractivity contribution in [1.29, 1.82) is 0 Å². The van der Waals surface area contributed by atoms with Crippen LogP contribution >= 0.6 is 0 Å². The maximum absolute atomic E-state index is 11.6. The number of rotatable bonds is 6. The van der Waals surface area contributed by atoms with Crippen LogP contribution < -0.4 is 18.9 Å². The van der Waals surface area contributed by atoms with Gasteiger partial charge in [-0.1, -0.05) is 0 Å². The lowest BCUT2D eigenvalue weighted by atomic mass is 9.77. The van der Waals surface area contributed by atoms with Crippen molar-refractivity contribution in [2.24, 2.45) is 0 Å². The summed E-state index contributed by atoms with van der Waals surface area (Å²) in [4.78, 5) is 0. The second-order valence-electron chi connectivity index (χ2n) is 7.78. The van der Waals surface area contributed by atoms with Crippen LogP contribution in [0, 0.1) is 0 Å². The molecule has 174 valence electrons. The Morgan fingerprint density at radius 1 is 0.656 bits per heavy atom. The summed E-state index contributed by atoms with van der Waals surface area (Å²) in [6, 6.07) is 6.02. The van der Waals surface area contributed by atoms with E-state index in [0.29, 0.717) is 11.1 Å². The van der Waals surface area contributed by atoms with Crippen molar-refractivity contribution in [3.05, 3.63) is 35.4 Å². The molecule has 2 aromatic rings. The van der Waals surface area contributed by atoms with Crippen LogP contribution in [0.4, 0.5) is 0 Å². The molecule has 10 nitrogen and oxygen atoms in total. The number of ether oxygens (including phenoxy) is 6. The first-order valence-electron chi connectivity index (χ1n) is 9.81. The van der Waals surface area contributed by atoms with E-state index in [2.05, 4.69) is 0 Å². The number of benzene rings is 2. The van der Waals surface area contributed by atoms with Crippen LogP contribution in [-0.2, 0) is 9.47 Å². The molecule has 0 amide bonds. The molecule has 0 saturated carbocycles. The first-order chi connectivity index (χ1) is 15.2. The molecule has 0 bridgehead atoms. The van der Waals surface area contributed by atoms with Crippen molar-refractivity contribution in [3.63, 3.8) is 0 Å². The van der Waals surface area contributed by atoms with Crippen molar-refractivity contribution in [2.75, 3.05) is 41.7 Å². The molecule has 4 atom stereocenters. The fourth-order valence-corrected chi connectivity index (χ4v) is 4.43. The van der Waals surface area contributed by atoms with E-state index in [4.69, 9.17) is 28.4 Å². The Labute approximate surface area is 184 Å². The third-order valence-electron chi connectivity index (χ3n) is 6.17. The van der Waals surface area contributed by atoms with E-state index in [1.165, 1.54) is 52.7 Å². The molecule has 4 unspecified atom stereocenters. The van der Waals surface area contributed by atoms with E-state index in [1.807, 2.05) is 0 Å². The molecule has 0 aromatic heterocycles. The summed E-state index contributed by atoms with van der Waals surface area (Å²) >= 11 is 0. The summed E-state index contributed by atoms with van der Waals surface area (Å²) in [6.07, 6.45) is -2.00. The fourth-order valence-electron chi connectivity index (χ4n) is 4.43. The van der Waals surface area contributed by atoms with Crippen molar-refractivity contribution in [2.45, 2.75) is 23.4 Å². The minimum atomic E-state index is -1.83. The topological polar surface area (TPSA) is 136 Å². The Hall–Kier alpha value is -2.92. The lowest BCUT2D eigenvalue weighted by molar-refractivity contribution is -0.114. The Morgan fingerprint density at radius 2 is 0.938 bits per heavy atom.